The van der Waals surface area contributed by atoms with Gasteiger partial charge in [0.05, 0.1) is 11.4 Å². The van der Waals surface area contributed by atoms with Crippen molar-refractivity contribution in [1.29, 1.82) is 0 Å². The second-order valence-electron chi connectivity index (χ2n) is 4.53. The molecule has 4 heteroatoms. The van der Waals surface area contributed by atoms with Crippen molar-refractivity contribution < 1.29 is 0 Å². The van der Waals surface area contributed by atoms with Gasteiger partial charge in [-0.1, -0.05) is 5.21 Å². The number of nitrogens with zero attached hydrogens (tertiary/aromatic N) is 3. The summed E-state index contributed by atoms with van der Waals surface area (Å²) in [6.07, 6.45) is 5.32. The van der Waals surface area contributed by atoms with Crippen LogP contribution in [0.5, 0.6) is 0 Å². The highest BCUT2D eigenvalue weighted by atomic mass is 15.4. The quantitative estimate of drug-likeness (QED) is 0.775. The van der Waals surface area contributed by atoms with E-state index in [4.69, 9.17) is 5.73 Å². The maximum atomic E-state index is 5.66. The maximum Gasteiger partial charge on any atom is 0.0997 e. The number of aromatic nitrogens is 3. The van der Waals surface area contributed by atoms with Crippen molar-refractivity contribution in [3.05, 3.63) is 11.4 Å². The van der Waals surface area contributed by atoms with Crippen molar-refractivity contribution in [3.63, 3.8) is 0 Å². The Hall–Kier alpha value is -0.900. The molecule has 0 aromatic carbocycles. The van der Waals surface area contributed by atoms with Gasteiger partial charge >= 0.3 is 0 Å². The molecule has 2 aliphatic rings. The first-order chi connectivity index (χ1) is 6.88. The summed E-state index contributed by atoms with van der Waals surface area (Å²) < 4.78 is 2.11. The summed E-state index contributed by atoms with van der Waals surface area (Å²) in [5.74, 6) is 1.57. The summed E-state index contributed by atoms with van der Waals surface area (Å²) in [6.45, 7) is 1.61. The number of nitrogens with two attached hydrogens (primary N) is 1. The molecule has 0 spiro atoms. The molecule has 1 aromatic rings. The molecule has 2 fully saturated rings. The van der Waals surface area contributed by atoms with E-state index in [0.717, 1.165) is 18.2 Å². The SMILES string of the molecule is NCc1nnn(CC2CC2)c1C1CC1. The molecule has 4 nitrogen and oxygen atoms in total. The minimum absolute atomic E-state index is 0.538. The van der Waals surface area contributed by atoms with Crippen molar-refractivity contribution >= 4 is 0 Å². The monoisotopic (exact) mass is 192 g/mol. The summed E-state index contributed by atoms with van der Waals surface area (Å²) in [5.41, 5.74) is 8.01. The van der Waals surface area contributed by atoms with Gasteiger partial charge in [0.15, 0.2) is 0 Å². The van der Waals surface area contributed by atoms with Crippen LogP contribution >= 0.6 is 0 Å². The Morgan fingerprint density at radius 1 is 1.29 bits per heavy atom. The lowest BCUT2D eigenvalue weighted by atomic mass is 10.2. The summed E-state index contributed by atoms with van der Waals surface area (Å²) >= 11 is 0. The van der Waals surface area contributed by atoms with Gasteiger partial charge in [0, 0.05) is 19.0 Å². The second-order valence-corrected chi connectivity index (χ2v) is 4.53. The molecule has 0 aliphatic heterocycles. The van der Waals surface area contributed by atoms with Crippen LogP contribution in [0.3, 0.4) is 0 Å². The van der Waals surface area contributed by atoms with E-state index >= 15 is 0 Å². The Morgan fingerprint density at radius 2 is 2.07 bits per heavy atom. The number of rotatable bonds is 4. The minimum Gasteiger partial charge on any atom is -0.325 e. The first-order valence-electron chi connectivity index (χ1n) is 5.51. The molecule has 0 amide bonds. The predicted molar refractivity (Wildman–Crippen MR) is 52.6 cm³/mol. The molecule has 14 heavy (non-hydrogen) atoms. The topological polar surface area (TPSA) is 56.7 Å². The van der Waals surface area contributed by atoms with Crippen LogP contribution in [0.2, 0.25) is 0 Å². The molecule has 0 radical (unpaired) electrons. The van der Waals surface area contributed by atoms with E-state index < -0.39 is 0 Å². The fraction of sp³-hybridized carbons (Fsp3) is 0.800. The molecule has 0 bridgehead atoms. The zero-order valence-corrected chi connectivity index (χ0v) is 8.32. The van der Waals surface area contributed by atoms with E-state index in [1.54, 1.807) is 0 Å². The lowest BCUT2D eigenvalue weighted by molar-refractivity contribution is 0.524. The van der Waals surface area contributed by atoms with Crippen molar-refractivity contribution in [2.24, 2.45) is 11.7 Å². The second kappa shape index (κ2) is 3.05. The largest absolute Gasteiger partial charge is 0.325 e. The highest BCUT2D eigenvalue weighted by molar-refractivity contribution is 5.20. The average molecular weight is 192 g/mol. The number of hydrogen-bond donors (Lipinski definition) is 1. The van der Waals surface area contributed by atoms with Gasteiger partial charge in [-0.2, -0.15) is 0 Å². The Labute approximate surface area is 83.5 Å². The van der Waals surface area contributed by atoms with E-state index in [-0.39, 0.29) is 0 Å². The average Bonchev–Trinajstić information content (AvgIpc) is 3.07. The predicted octanol–water partition coefficient (Wildman–Crippen LogP) is 1.02. The van der Waals surface area contributed by atoms with Gasteiger partial charge in [0.25, 0.3) is 0 Å². The van der Waals surface area contributed by atoms with Crippen LogP contribution in [-0.2, 0) is 13.1 Å². The van der Waals surface area contributed by atoms with E-state index in [0.29, 0.717) is 12.5 Å². The Bertz CT molecular complexity index is 336. The lowest BCUT2D eigenvalue weighted by Crippen LogP contribution is -2.08. The van der Waals surface area contributed by atoms with Crippen molar-refractivity contribution in [2.45, 2.75) is 44.7 Å². The van der Waals surface area contributed by atoms with E-state index in [9.17, 15) is 0 Å². The van der Waals surface area contributed by atoms with Gasteiger partial charge in [0.1, 0.15) is 0 Å². The summed E-state index contributed by atoms with van der Waals surface area (Å²) in [4.78, 5) is 0. The van der Waals surface area contributed by atoms with Gasteiger partial charge in [-0.25, -0.2) is 4.68 Å². The molecule has 1 heterocycles. The molecular weight excluding hydrogens is 176 g/mol. The fourth-order valence-corrected chi connectivity index (χ4v) is 1.98. The highest BCUT2D eigenvalue weighted by Crippen LogP contribution is 2.42. The Morgan fingerprint density at radius 3 is 2.64 bits per heavy atom. The molecule has 0 atom stereocenters. The molecule has 1 aromatic heterocycles. The van der Waals surface area contributed by atoms with Gasteiger partial charge in [0.2, 0.25) is 0 Å². The molecule has 0 saturated heterocycles. The zero-order chi connectivity index (χ0) is 9.54. The normalized spacial score (nSPS) is 21.5. The molecule has 2 N–H and O–H groups in total. The van der Waals surface area contributed by atoms with Crippen molar-refractivity contribution in [1.82, 2.24) is 15.0 Å². The molecule has 0 unspecified atom stereocenters. The van der Waals surface area contributed by atoms with E-state index in [1.165, 1.54) is 31.4 Å². The van der Waals surface area contributed by atoms with Crippen LogP contribution in [0.25, 0.3) is 0 Å². The van der Waals surface area contributed by atoms with Crippen molar-refractivity contribution in [3.8, 4) is 0 Å². The zero-order valence-electron chi connectivity index (χ0n) is 8.32. The first kappa shape index (κ1) is 8.41. The van der Waals surface area contributed by atoms with Crippen LogP contribution < -0.4 is 5.73 Å². The van der Waals surface area contributed by atoms with Crippen LogP contribution in [0.1, 0.15) is 43.0 Å². The van der Waals surface area contributed by atoms with Gasteiger partial charge in [-0.05, 0) is 31.6 Å². The van der Waals surface area contributed by atoms with Crippen LogP contribution in [-0.4, -0.2) is 15.0 Å². The minimum atomic E-state index is 0.538. The smallest absolute Gasteiger partial charge is 0.0997 e. The fourth-order valence-electron chi connectivity index (χ4n) is 1.98. The molecule has 76 valence electrons. The van der Waals surface area contributed by atoms with Gasteiger partial charge < -0.3 is 5.73 Å². The summed E-state index contributed by atoms with van der Waals surface area (Å²) in [5, 5.41) is 8.38. The summed E-state index contributed by atoms with van der Waals surface area (Å²) in [6, 6.07) is 0. The van der Waals surface area contributed by atoms with Crippen LogP contribution in [0, 0.1) is 5.92 Å². The standard InChI is InChI=1S/C10H16N4/c11-5-9-10(8-3-4-8)14(13-12-9)6-7-1-2-7/h7-8H,1-6,11H2. The third kappa shape index (κ3) is 1.43. The molecule has 3 rings (SSSR count). The van der Waals surface area contributed by atoms with Crippen LogP contribution in [0.4, 0.5) is 0 Å². The van der Waals surface area contributed by atoms with Gasteiger partial charge in [-0.3, -0.25) is 0 Å². The molecular formula is C10H16N4. The van der Waals surface area contributed by atoms with Gasteiger partial charge in [-0.15, -0.1) is 5.10 Å². The summed E-state index contributed by atoms with van der Waals surface area (Å²) in [7, 11) is 0. The molecule has 2 saturated carbocycles. The molecule has 2 aliphatic carbocycles. The van der Waals surface area contributed by atoms with Crippen LogP contribution in [0.15, 0.2) is 0 Å². The first-order valence-corrected chi connectivity index (χ1v) is 5.51. The third-order valence-corrected chi connectivity index (χ3v) is 3.13. The highest BCUT2D eigenvalue weighted by Gasteiger charge is 2.32. The maximum absolute atomic E-state index is 5.66. The third-order valence-electron chi connectivity index (χ3n) is 3.13. The van der Waals surface area contributed by atoms with Crippen molar-refractivity contribution in [2.75, 3.05) is 0 Å². The Balaban J connectivity index is 1.88. The van der Waals surface area contributed by atoms with E-state index in [2.05, 4.69) is 15.0 Å². The van der Waals surface area contributed by atoms with E-state index in [1.807, 2.05) is 0 Å². The lowest BCUT2D eigenvalue weighted by Gasteiger charge is -2.04. The number of hydrogen-bond acceptors (Lipinski definition) is 3. The Kier molecular flexibility index (Phi) is 1.83.